The lowest BCUT2D eigenvalue weighted by molar-refractivity contribution is -0.115. The molecule has 1 rings (SSSR count). The van der Waals surface area contributed by atoms with Crippen molar-refractivity contribution in [2.24, 2.45) is 5.73 Å². The molecule has 0 heterocycles. The van der Waals surface area contributed by atoms with Crippen LogP contribution in [0.3, 0.4) is 0 Å². The Morgan fingerprint density at radius 1 is 1.23 bits per heavy atom. The van der Waals surface area contributed by atoms with Crippen molar-refractivity contribution >= 4 is 11.6 Å². The monoisotopic (exact) mass is 180 g/mol. The van der Waals surface area contributed by atoms with Gasteiger partial charge in [-0.1, -0.05) is 18.2 Å². The van der Waals surface area contributed by atoms with Gasteiger partial charge in [-0.05, 0) is 12.1 Å². The molecule has 2 N–H and O–H groups in total. The van der Waals surface area contributed by atoms with Gasteiger partial charge in [0.05, 0.1) is 0 Å². The van der Waals surface area contributed by atoms with Crippen LogP contribution >= 0.6 is 0 Å². The number of para-hydroxylation sites is 1. The summed E-state index contributed by atoms with van der Waals surface area (Å²) < 4.78 is 0. The van der Waals surface area contributed by atoms with Gasteiger partial charge in [-0.15, -0.1) is 0 Å². The maximum Gasteiger partial charge on any atom is 0.214 e. The number of carbonyl (C=O) groups is 1. The van der Waals surface area contributed by atoms with Gasteiger partial charge in [0.2, 0.25) is 5.91 Å². The van der Waals surface area contributed by atoms with Gasteiger partial charge in [-0.2, -0.15) is 0 Å². The van der Waals surface area contributed by atoms with Crippen molar-refractivity contribution in [1.82, 2.24) is 0 Å². The van der Waals surface area contributed by atoms with E-state index in [-0.39, 0.29) is 5.91 Å². The summed E-state index contributed by atoms with van der Waals surface area (Å²) in [7, 11) is 4.07. The molecule has 13 heavy (non-hydrogen) atoms. The summed E-state index contributed by atoms with van der Waals surface area (Å²) in [6.45, 7) is 1.31. The molecule has 1 aromatic rings. The first-order valence-electron chi connectivity index (χ1n) is 4.02. The summed E-state index contributed by atoms with van der Waals surface area (Å²) in [5.41, 5.74) is 5.72. The molecule has 0 saturated heterocycles. The first-order valence-corrected chi connectivity index (χ1v) is 4.02. The molecule has 0 saturated carbocycles. The lowest BCUT2D eigenvalue weighted by Crippen LogP contribution is -2.07. The molecule has 0 aliphatic carbocycles. The van der Waals surface area contributed by atoms with Gasteiger partial charge < -0.3 is 10.6 Å². The van der Waals surface area contributed by atoms with E-state index in [4.69, 9.17) is 0 Å². The van der Waals surface area contributed by atoms with Gasteiger partial charge in [0.1, 0.15) is 0 Å². The molecule has 0 aliphatic heterocycles. The predicted octanol–water partition coefficient (Wildman–Crippen LogP) is 1.24. The molecule has 0 fully saturated rings. The van der Waals surface area contributed by atoms with E-state index >= 15 is 0 Å². The maximum absolute atomic E-state index is 9.22. The molecule has 1 amide bonds. The van der Waals surface area contributed by atoms with Crippen molar-refractivity contribution in [3.63, 3.8) is 0 Å². The minimum atomic E-state index is -0.333. The highest BCUT2D eigenvalue weighted by Gasteiger charge is 1.87. The topological polar surface area (TPSA) is 46.3 Å². The van der Waals surface area contributed by atoms with Crippen LogP contribution in [0.4, 0.5) is 5.69 Å². The fourth-order valence-corrected chi connectivity index (χ4v) is 0.726. The van der Waals surface area contributed by atoms with Crippen LogP contribution in [0.1, 0.15) is 6.92 Å². The second kappa shape index (κ2) is 6.06. The third-order valence-electron chi connectivity index (χ3n) is 1.27. The van der Waals surface area contributed by atoms with Crippen molar-refractivity contribution < 1.29 is 4.79 Å². The zero-order chi connectivity index (χ0) is 10.3. The van der Waals surface area contributed by atoms with Crippen molar-refractivity contribution in [1.29, 1.82) is 0 Å². The molecule has 0 aliphatic rings. The average molecular weight is 180 g/mol. The van der Waals surface area contributed by atoms with Crippen molar-refractivity contribution in [3.8, 4) is 0 Å². The summed E-state index contributed by atoms with van der Waals surface area (Å²) in [6.07, 6.45) is 0. The fourth-order valence-electron chi connectivity index (χ4n) is 0.726. The first kappa shape index (κ1) is 11.5. The van der Waals surface area contributed by atoms with Gasteiger partial charge in [0.15, 0.2) is 0 Å². The van der Waals surface area contributed by atoms with E-state index in [2.05, 4.69) is 22.8 Å². The Labute approximate surface area is 79.2 Å². The normalized spacial score (nSPS) is 8.23. The number of primary amides is 1. The summed E-state index contributed by atoms with van der Waals surface area (Å²) in [5, 5.41) is 0. The smallest absolute Gasteiger partial charge is 0.214 e. The number of hydrogen-bond acceptors (Lipinski definition) is 2. The van der Waals surface area contributed by atoms with E-state index in [1.54, 1.807) is 0 Å². The number of anilines is 1. The summed E-state index contributed by atoms with van der Waals surface area (Å²) in [6, 6.07) is 10.3. The molecule has 0 atom stereocenters. The molecule has 0 radical (unpaired) electrons. The lowest BCUT2D eigenvalue weighted by atomic mass is 10.3. The van der Waals surface area contributed by atoms with Gasteiger partial charge in [-0.3, -0.25) is 4.79 Å². The number of amides is 1. The van der Waals surface area contributed by atoms with Crippen LogP contribution in [0.2, 0.25) is 0 Å². The van der Waals surface area contributed by atoms with Gasteiger partial charge in [-0.25, -0.2) is 0 Å². The fraction of sp³-hybridized carbons (Fsp3) is 0.300. The van der Waals surface area contributed by atoms with Crippen LogP contribution in [0.15, 0.2) is 30.3 Å². The molecular weight excluding hydrogens is 164 g/mol. The van der Waals surface area contributed by atoms with E-state index in [0.717, 1.165) is 0 Å². The van der Waals surface area contributed by atoms with E-state index in [9.17, 15) is 4.79 Å². The van der Waals surface area contributed by atoms with E-state index in [1.807, 2.05) is 32.3 Å². The number of rotatable bonds is 1. The number of benzene rings is 1. The minimum Gasteiger partial charge on any atom is -0.378 e. The highest BCUT2D eigenvalue weighted by molar-refractivity contribution is 5.70. The summed E-state index contributed by atoms with van der Waals surface area (Å²) >= 11 is 0. The second-order valence-electron chi connectivity index (χ2n) is 2.84. The molecule has 0 bridgehead atoms. The van der Waals surface area contributed by atoms with Gasteiger partial charge in [0, 0.05) is 26.7 Å². The van der Waals surface area contributed by atoms with Crippen LogP contribution in [-0.2, 0) is 4.79 Å². The van der Waals surface area contributed by atoms with Gasteiger partial charge in [0.25, 0.3) is 0 Å². The molecule has 0 unspecified atom stereocenters. The third-order valence-corrected chi connectivity index (χ3v) is 1.27. The van der Waals surface area contributed by atoms with Crippen molar-refractivity contribution in [2.75, 3.05) is 19.0 Å². The Morgan fingerprint density at radius 3 is 1.85 bits per heavy atom. The van der Waals surface area contributed by atoms with E-state index in [1.165, 1.54) is 12.6 Å². The lowest BCUT2D eigenvalue weighted by Gasteiger charge is -2.10. The van der Waals surface area contributed by atoms with Crippen molar-refractivity contribution in [3.05, 3.63) is 30.3 Å². The molecule has 3 nitrogen and oxygen atoms in total. The number of nitrogens with zero attached hydrogens (tertiary/aromatic N) is 1. The molecular formula is C10H16N2O. The quantitative estimate of drug-likeness (QED) is 0.707. The average Bonchev–Trinajstić information content (AvgIpc) is 2.05. The first-order chi connectivity index (χ1) is 6.04. The van der Waals surface area contributed by atoms with Crippen LogP contribution in [0, 0.1) is 0 Å². The Kier molecular flexibility index (Phi) is 5.35. The van der Waals surface area contributed by atoms with Gasteiger partial charge >= 0.3 is 0 Å². The summed E-state index contributed by atoms with van der Waals surface area (Å²) in [4.78, 5) is 11.3. The zero-order valence-corrected chi connectivity index (χ0v) is 8.32. The molecule has 72 valence electrons. The number of nitrogens with two attached hydrogens (primary N) is 1. The largest absolute Gasteiger partial charge is 0.378 e. The molecule has 0 spiro atoms. The number of carbonyl (C=O) groups excluding carboxylic acids is 1. The summed E-state index contributed by atoms with van der Waals surface area (Å²) in [5.74, 6) is -0.333. The Bertz CT molecular complexity index is 240. The third kappa shape index (κ3) is 6.87. The Hall–Kier alpha value is -1.51. The number of hydrogen-bond donors (Lipinski definition) is 1. The van der Waals surface area contributed by atoms with Crippen LogP contribution in [-0.4, -0.2) is 20.0 Å². The van der Waals surface area contributed by atoms with Crippen LogP contribution in [0.5, 0.6) is 0 Å². The highest BCUT2D eigenvalue weighted by atomic mass is 16.1. The second-order valence-corrected chi connectivity index (χ2v) is 2.84. The minimum absolute atomic E-state index is 0.333. The maximum atomic E-state index is 9.22. The van der Waals surface area contributed by atoms with E-state index < -0.39 is 0 Å². The van der Waals surface area contributed by atoms with Crippen molar-refractivity contribution in [2.45, 2.75) is 6.92 Å². The zero-order valence-electron chi connectivity index (χ0n) is 8.32. The Morgan fingerprint density at radius 2 is 1.62 bits per heavy atom. The highest BCUT2D eigenvalue weighted by Crippen LogP contribution is 2.07. The van der Waals surface area contributed by atoms with Crippen LogP contribution < -0.4 is 10.6 Å². The van der Waals surface area contributed by atoms with E-state index in [0.29, 0.717) is 0 Å². The molecule has 0 aromatic heterocycles. The SMILES string of the molecule is CC(N)=O.CN(C)c1ccccc1. The molecule has 3 heteroatoms. The predicted molar refractivity (Wildman–Crippen MR) is 55.6 cm³/mol. The Balaban J connectivity index is 0.000000310. The standard InChI is InChI=1S/C8H11N.C2H5NO/c1-9(2)8-6-4-3-5-7-8;1-2(3)4/h3-7H,1-2H3;1H3,(H2,3,4). The molecule has 1 aromatic carbocycles. The van der Waals surface area contributed by atoms with Crippen LogP contribution in [0.25, 0.3) is 0 Å².